The van der Waals surface area contributed by atoms with Gasteiger partial charge in [0.2, 0.25) is 5.91 Å². The summed E-state index contributed by atoms with van der Waals surface area (Å²) < 4.78 is 10.6. The first kappa shape index (κ1) is 18.2. The van der Waals surface area contributed by atoms with Gasteiger partial charge in [-0.2, -0.15) is 0 Å². The van der Waals surface area contributed by atoms with Gasteiger partial charge in [-0.25, -0.2) is 0 Å². The molecule has 128 valence electrons. The fourth-order valence-electron chi connectivity index (χ4n) is 2.32. The summed E-state index contributed by atoms with van der Waals surface area (Å²) in [5.74, 6) is 1.83. The number of nitrogens with one attached hydrogen (secondary N) is 1. The topological polar surface area (TPSA) is 47.6 Å². The van der Waals surface area contributed by atoms with E-state index in [9.17, 15) is 4.79 Å². The Morgan fingerprint density at radius 2 is 1.83 bits per heavy atom. The number of thioether (sulfide) groups is 1. The highest BCUT2D eigenvalue weighted by molar-refractivity contribution is 8.00. The van der Waals surface area contributed by atoms with Crippen molar-refractivity contribution in [2.75, 3.05) is 20.0 Å². The summed E-state index contributed by atoms with van der Waals surface area (Å²) >= 11 is 1.52. The minimum atomic E-state index is -0.166. The summed E-state index contributed by atoms with van der Waals surface area (Å²) in [5.41, 5.74) is 2.10. The number of rotatable bonds is 7. The predicted molar refractivity (Wildman–Crippen MR) is 98.0 cm³/mol. The van der Waals surface area contributed by atoms with E-state index in [1.54, 1.807) is 14.2 Å². The highest BCUT2D eigenvalue weighted by Gasteiger charge is 2.15. The molecule has 0 spiro atoms. The van der Waals surface area contributed by atoms with Crippen LogP contribution in [0.3, 0.4) is 0 Å². The van der Waals surface area contributed by atoms with Crippen LogP contribution in [0.25, 0.3) is 0 Å². The molecule has 2 rings (SSSR count). The number of amides is 1. The van der Waals surface area contributed by atoms with E-state index in [-0.39, 0.29) is 11.9 Å². The van der Waals surface area contributed by atoms with E-state index < -0.39 is 0 Å². The largest absolute Gasteiger partial charge is 0.497 e. The molecule has 0 aliphatic rings. The van der Waals surface area contributed by atoms with Crippen molar-refractivity contribution in [2.24, 2.45) is 0 Å². The standard InChI is InChI=1S/C19H23NO3S/c1-13-5-8-16(9-6-13)24-12-19(21)20-14(2)17-11-15(22-3)7-10-18(17)23-4/h5-11,14H,12H2,1-4H3,(H,20,21)/t14-/m0/s1. The van der Waals surface area contributed by atoms with Crippen LogP contribution in [0.4, 0.5) is 0 Å². The van der Waals surface area contributed by atoms with Crippen molar-refractivity contribution >= 4 is 17.7 Å². The molecule has 0 saturated heterocycles. The maximum absolute atomic E-state index is 12.2. The summed E-state index contributed by atoms with van der Waals surface area (Å²) in [7, 11) is 3.24. The lowest BCUT2D eigenvalue weighted by molar-refractivity contribution is -0.119. The highest BCUT2D eigenvalue weighted by Crippen LogP contribution is 2.29. The third-order valence-corrected chi connectivity index (χ3v) is 4.68. The third kappa shape index (κ3) is 4.93. The van der Waals surface area contributed by atoms with Crippen molar-refractivity contribution in [1.82, 2.24) is 5.32 Å². The normalized spacial score (nSPS) is 11.7. The Morgan fingerprint density at radius 1 is 1.12 bits per heavy atom. The van der Waals surface area contributed by atoms with E-state index in [2.05, 4.69) is 5.32 Å². The molecule has 0 unspecified atom stereocenters. The summed E-state index contributed by atoms with van der Waals surface area (Å²) in [6.07, 6.45) is 0. The van der Waals surface area contributed by atoms with Gasteiger partial charge in [-0.3, -0.25) is 4.79 Å². The quantitative estimate of drug-likeness (QED) is 0.771. The first-order valence-electron chi connectivity index (χ1n) is 7.74. The van der Waals surface area contributed by atoms with Gasteiger partial charge in [0.25, 0.3) is 0 Å². The molecular formula is C19H23NO3S. The number of carbonyl (C=O) groups is 1. The second-order valence-corrected chi connectivity index (χ2v) is 6.55. The molecular weight excluding hydrogens is 322 g/mol. The minimum absolute atomic E-state index is 0.0158. The number of ether oxygens (including phenoxy) is 2. The van der Waals surface area contributed by atoms with E-state index in [4.69, 9.17) is 9.47 Å². The zero-order valence-electron chi connectivity index (χ0n) is 14.5. The number of benzene rings is 2. The van der Waals surface area contributed by atoms with Gasteiger partial charge < -0.3 is 14.8 Å². The van der Waals surface area contributed by atoms with Gasteiger partial charge in [-0.05, 0) is 44.2 Å². The van der Waals surface area contributed by atoms with E-state index in [0.717, 1.165) is 22.0 Å². The van der Waals surface area contributed by atoms with Gasteiger partial charge in [0.05, 0.1) is 26.0 Å². The molecule has 5 heteroatoms. The maximum Gasteiger partial charge on any atom is 0.230 e. The second kappa shape index (κ2) is 8.64. The van der Waals surface area contributed by atoms with Gasteiger partial charge in [0.1, 0.15) is 11.5 Å². The van der Waals surface area contributed by atoms with E-state index in [0.29, 0.717) is 5.75 Å². The van der Waals surface area contributed by atoms with Crippen LogP contribution >= 0.6 is 11.8 Å². The molecule has 0 saturated carbocycles. The molecule has 0 aliphatic heterocycles. The molecule has 1 amide bonds. The van der Waals surface area contributed by atoms with E-state index in [1.807, 2.05) is 56.3 Å². The lowest BCUT2D eigenvalue weighted by Crippen LogP contribution is -2.28. The Labute approximate surface area is 147 Å². The molecule has 2 aromatic rings. The van der Waals surface area contributed by atoms with Crippen LogP contribution in [0, 0.1) is 6.92 Å². The van der Waals surface area contributed by atoms with Crippen LogP contribution in [0.2, 0.25) is 0 Å². The smallest absolute Gasteiger partial charge is 0.230 e. The van der Waals surface area contributed by atoms with Gasteiger partial charge in [-0.1, -0.05) is 17.7 Å². The minimum Gasteiger partial charge on any atom is -0.497 e. The number of aryl methyl sites for hydroxylation is 1. The predicted octanol–water partition coefficient (Wildman–Crippen LogP) is 3.98. The van der Waals surface area contributed by atoms with Crippen molar-refractivity contribution in [3.8, 4) is 11.5 Å². The molecule has 0 fully saturated rings. The first-order valence-corrected chi connectivity index (χ1v) is 8.72. The molecule has 1 atom stereocenters. The molecule has 0 radical (unpaired) electrons. The molecule has 0 heterocycles. The van der Waals surface area contributed by atoms with Gasteiger partial charge in [0.15, 0.2) is 0 Å². The van der Waals surface area contributed by atoms with Crippen LogP contribution in [-0.2, 0) is 4.79 Å². The van der Waals surface area contributed by atoms with Crippen LogP contribution in [0.1, 0.15) is 24.1 Å². The van der Waals surface area contributed by atoms with Crippen LogP contribution < -0.4 is 14.8 Å². The number of carbonyl (C=O) groups excluding carboxylic acids is 1. The lowest BCUT2D eigenvalue weighted by atomic mass is 10.1. The Morgan fingerprint density at radius 3 is 2.46 bits per heavy atom. The first-order chi connectivity index (χ1) is 11.5. The molecule has 0 aliphatic carbocycles. The summed E-state index contributed by atoms with van der Waals surface area (Å²) in [6.45, 7) is 3.98. The van der Waals surface area contributed by atoms with Crippen molar-refractivity contribution in [3.63, 3.8) is 0 Å². The zero-order valence-corrected chi connectivity index (χ0v) is 15.3. The molecule has 1 N–H and O–H groups in total. The molecule has 0 bridgehead atoms. The average molecular weight is 345 g/mol. The summed E-state index contributed by atoms with van der Waals surface area (Å²) in [5, 5.41) is 3.01. The van der Waals surface area contributed by atoms with Crippen LogP contribution in [0.5, 0.6) is 11.5 Å². The second-order valence-electron chi connectivity index (χ2n) is 5.50. The highest BCUT2D eigenvalue weighted by atomic mass is 32.2. The SMILES string of the molecule is COc1ccc(OC)c([C@H](C)NC(=O)CSc2ccc(C)cc2)c1. The molecule has 4 nitrogen and oxygen atoms in total. The number of hydrogen-bond donors (Lipinski definition) is 1. The van der Waals surface area contributed by atoms with Gasteiger partial charge in [-0.15, -0.1) is 11.8 Å². The van der Waals surface area contributed by atoms with Crippen molar-refractivity contribution in [2.45, 2.75) is 24.8 Å². The Bertz CT molecular complexity index is 686. The van der Waals surface area contributed by atoms with Crippen molar-refractivity contribution in [3.05, 3.63) is 53.6 Å². The van der Waals surface area contributed by atoms with E-state index >= 15 is 0 Å². The van der Waals surface area contributed by atoms with Gasteiger partial charge >= 0.3 is 0 Å². The summed E-state index contributed by atoms with van der Waals surface area (Å²) in [6, 6.07) is 13.6. The average Bonchev–Trinajstić information content (AvgIpc) is 2.60. The summed E-state index contributed by atoms with van der Waals surface area (Å²) in [4.78, 5) is 13.3. The van der Waals surface area contributed by atoms with Crippen molar-refractivity contribution in [1.29, 1.82) is 0 Å². The fourth-order valence-corrected chi connectivity index (χ4v) is 3.03. The van der Waals surface area contributed by atoms with Gasteiger partial charge in [0, 0.05) is 10.5 Å². The van der Waals surface area contributed by atoms with Crippen molar-refractivity contribution < 1.29 is 14.3 Å². The number of hydrogen-bond acceptors (Lipinski definition) is 4. The monoisotopic (exact) mass is 345 g/mol. The number of methoxy groups -OCH3 is 2. The fraction of sp³-hybridized carbons (Fsp3) is 0.316. The molecule has 0 aromatic heterocycles. The molecule has 24 heavy (non-hydrogen) atoms. The zero-order chi connectivity index (χ0) is 17.5. The Hall–Kier alpha value is -2.14. The lowest BCUT2D eigenvalue weighted by Gasteiger charge is -2.18. The Kier molecular flexibility index (Phi) is 6.55. The third-order valence-electron chi connectivity index (χ3n) is 3.67. The Balaban J connectivity index is 1.97. The van der Waals surface area contributed by atoms with E-state index in [1.165, 1.54) is 17.3 Å². The van der Waals surface area contributed by atoms with Crippen LogP contribution in [0.15, 0.2) is 47.4 Å². The molecule has 2 aromatic carbocycles. The maximum atomic E-state index is 12.2. The van der Waals surface area contributed by atoms with Crippen LogP contribution in [-0.4, -0.2) is 25.9 Å².